The lowest BCUT2D eigenvalue weighted by Gasteiger charge is -2.11. The van der Waals surface area contributed by atoms with E-state index < -0.39 is 6.04 Å². The van der Waals surface area contributed by atoms with Gasteiger partial charge >= 0.3 is 0 Å². The highest BCUT2D eigenvalue weighted by atomic mass is 32.1. The number of thiophene rings is 1. The van der Waals surface area contributed by atoms with Gasteiger partial charge in [-0.15, -0.1) is 11.3 Å². The molecule has 0 fully saturated rings. The van der Waals surface area contributed by atoms with Gasteiger partial charge in [0.1, 0.15) is 6.04 Å². The van der Waals surface area contributed by atoms with E-state index in [1.54, 1.807) is 28.3 Å². The maximum absolute atomic E-state index is 12.3. The van der Waals surface area contributed by atoms with Crippen molar-refractivity contribution in [2.24, 2.45) is 0 Å². The highest BCUT2D eigenvalue weighted by Gasteiger charge is 2.19. The second-order valence-corrected chi connectivity index (χ2v) is 7.06. The lowest BCUT2D eigenvalue weighted by molar-refractivity contribution is -0.123. The van der Waals surface area contributed by atoms with Crippen molar-refractivity contribution in [1.29, 1.82) is 0 Å². The third-order valence-corrected chi connectivity index (χ3v) is 5.66. The average molecular weight is 332 g/mol. The van der Waals surface area contributed by atoms with Crippen LogP contribution < -0.4 is 10.9 Å². The van der Waals surface area contributed by atoms with Gasteiger partial charge in [0.2, 0.25) is 5.91 Å². The predicted molar refractivity (Wildman–Crippen MR) is 91.8 cm³/mol. The normalized spacial score (nSPS) is 12.4. The van der Waals surface area contributed by atoms with Crippen LogP contribution in [0.5, 0.6) is 0 Å². The molecule has 6 heteroatoms. The van der Waals surface area contributed by atoms with Crippen molar-refractivity contribution in [1.82, 2.24) is 9.27 Å². The fraction of sp³-hybridized carbons (Fsp3) is 0.250. The quantitative estimate of drug-likeness (QED) is 0.781. The van der Waals surface area contributed by atoms with Crippen molar-refractivity contribution < 1.29 is 4.79 Å². The van der Waals surface area contributed by atoms with Crippen molar-refractivity contribution in [3.63, 3.8) is 0 Å². The number of hydrogen-bond acceptors (Lipinski definition) is 4. The Labute approximate surface area is 136 Å². The third-order valence-electron chi connectivity index (χ3n) is 3.50. The van der Waals surface area contributed by atoms with Crippen molar-refractivity contribution in [2.45, 2.75) is 19.4 Å². The maximum Gasteiger partial charge on any atom is 0.269 e. The molecule has 0 bridgehead atoms. The highest BCUT2D eigenvalue weighted by Crippen LogP contribution is 2.19. The first-order valence-electron chi connectivity index (χ1n) is 7.07. The minimum absolute atomic E-state index is 0.0958. The highest BCUT2D eigenvalue weighted by molar-refractivity contribution is 7.14. The Morgan fingerprint density at radius 3 is 2.82 bits per heavy atom. The van der Waals surface area contributed by atoms with Crippen molar-refractivity contribution in [3.05, 3.63) is 57.0 Å². The van der Waals surface area contributed by atoms with Gasteiger partial charge in [0.05, 0.1) is 10.1 Å². The summed E-state index contributed by atoms with van der Waals surface area (Å²) < 4.78 is 2.45. The van der Waals surface area contributed by atoms with Gasteiger partial charge in [0, 0.05) is 11.4 Å². The van der Waals surface area contributed by atoms with E-state index in [2.05, 4.69) is 11.4 Å². The lowest BCUT2D eigenvalue weighted by atomic mass is 10.2. The molecule has 0 spiro atoms. The summed E-state index contributed by atoms with van der Waals surface area (Å²) in [5.74, 6) is -0.120. The Morgan fingerprint density at radius 2 is 2.09 bits per heavy atom. The second kappa shape index (κ2) is 6.46. The second-order valence-electron chi connectivity index (χ2n) is 5.01. The third kappa shape index (κ3) is 2.98. The molecule has 1 atom stereocenters. The fourth-order valence-electron chi connectivity index (χ4n) is 2.26. The first-order chi connectivity index (χ1) is 10.7. The molecular formula is C16H16N2O2S2. The molecule has 1 aromatic carbocycles. The van der Waals surface area contributed by atoms with Crippen LogP contribution in [0.1, 0.15) is 17.8 Å². The molecular weight excluding hydrogens is 316 g/mol. The summed E-state index contributed by atoms with van der Waals surface area (Å²) in [6.07, 6.45) is 0.817. The first-order valence-corrected chi connectivity index (χ1v) is 8.73. The smallest absolute Gasteiger partial charge is 0.269 e. The van der Waals surface area contributed by atoms with Crippen LogP contribution in [-0.2, 0) is 11.2 Å². The lowest BCUT2D eigenvalue weighted by Crippen LogP contribution is -2.34. The van der Waals surface area contributed by atoms with E-state index in [0.717, 1.165) is 11.1 Å². The van der Waals surface area contributed by atoms with Gasteiger partial charge < -0.3 is 5.32 Å². The minimum atomic E-state index is -0.492. The van der Waals surface area contributed by atoms with Gasteiger partial charge in [-0.3, -0.25) is 13.5 Å². The predicted octanol–water partition coefficient (Wildman–Crippen LogP) is 3.04. The van der Waals surface area contributed by atoms with Gasteiger partial charge in [0.25, 0.3) is 5.56 Å². The number of amides is 1. The van der Waals surface area contributed by atoms with Crippen LogP contribution in [0.3, 0.4) is 0 Å². The van der Waals surface area contributed by atoms with Crippen LogP contribution in [-0.4, -0.2) is 16.4 Å². The molecule has 0 aliphatic heterocycles. The molecule has 4 nitrogen and oxygen atoms in total. The van der Waals surface area contributed by atoms with E-state index >= 15 is 0 Å². The number of benzene rings is 1. The van der Waals surface area contributed by atoms with E-state index in [4.69, 9.17) is 0 Å². The Hall–Kier alpha value is -1.92. The van der Waals surface area contributed by atoms with E-state index in [-0.39, 0.29) is 11.5 Å². The molecule has 2 heterocycles. The summed E-state index contributed by atoms with van der Waals surface area (Å²) in [4.78, 5) is 25.8. The van der Waals surface area contributed by atoms with Crippen LogP contribution >= 0.6 is 22.9 Å². The van der Waals surface area contributed by atoms with Crippen molar-refractivity contribution in [3.8, 4) is 0 Å². The number of fused-ring (bicyclic) bond motifs is 1. The summed E-state index contributed by atoms with van der Waals surface area (Å²) in [6, 6.07) is 11.0. The standard InChI is InChI=1S/C16H16N2O2S2/c1-11(15(19)17-9-8-12-5-4-10-21-12)18-16(20)13-6-2-3-7-14(13)22-18/h2-7,10-11H,8-9H2,1H3,(H,17,19). The van der Waals surface area contributed by atoms with E-state index in [1.807, 2.05) is 29.6 Å². The van der Waals surface area contributed by atoms with Crippen LogP contribution in [0.25, 0.3) is 10.1 Å². The fourth-order valence-corrected chi connectivity index (χ4v) is 4.01. The summed E-state index contributed by atoms with van der Waals surface area (Å²) >= 11 is 3.02. The number of carbonyl (C=O) groups excluding carboxylic acids is 1. The summed E-state index contributed by atoms with van der Waals surface area (Å²) in [5.41, 5.74) is -0.0958. The van der Waals surface area contributed by atoms with Crippen molar-refractivity contribution in [2.75, 3.05) is 6.54 Å². The number of nitrogens with one attached hydrogen (secondary N) is 1. The van der Waals surface area contributed by atoms with Gasteiger partial charge in [0.15, 0.2) is 0 Å². The molecule has 0 aliphatic rings. The van der Waals surface area contributed by atoms with Crippen molar-refractivity contribution >= 4 is 38.9 Å². The number of hydrogen-bond donors (Lipinski definition) is 1. The molecule has 22 heavy (non-hydrogen) atoms. The zero-order valence-corrected chi connectivity index (χ0v) is 13.7. The van der Waals surface area contributed by atoms with Crippen LogP contribution in [0, 0.1) is 0 Å². The monoisotopic (exact) mass is 332 g/mol. The SMILES string of the molecule is CC(C(=O)NCCc1cccs1)n1sc2ccccc2c1=O. The summed E-state index contributed by atoms with van der Waals surface area (Å²) in [6.45, 7) is 2.35. The van der Waals surface area contributed by atoms with Gasteiger partial charge in [-0.05, 0) is 36.9 Å². The molecule has 1 amide bonds. The number of nitrogens with zero attached hydrogens (tertiary/aromatic N) is 1. The molecule has 114 valence electrons. The zero-order chi connectivity index (χ0) is 15.5. The Balaban J connectivity index is 1.69. The van der Waals surface area contributed by atoms with E-state index in [0.29, 0.717) is 11.9 Å². The number of aromatic nitrogens is 1. The average Bonchev–Trinajstić information content (AvgIpc) is 3.15. The molecule has 0 radical (unpaired) electrons. The zero-order valence-electron chi connectivity index (χ0n) is 12.1. The molecule has 3 rings (SSSR count). The molecule has 2 aromatic heterocycles. The number of carbonyl (C=O) groups is 1. The van der Waals surface area contributed by atoms with Gasteiger partial charge in [-0.2, -0.15) is 0 Å². The molecule has 0 saturated carbocycles. The molecule has 0 aliphatic carbocycles. The largest absolute Gasteiger partial charge is 0.354 e. The van der Waals surface area contributed by atoms with Crippen LogP contribution in [0.2, 0.25) is 0 Å². The number of rotatable bonds is 5. The van der Waals surface area contributed by atoms with Crippen LogP contribution in [0.4, 0.5) is 0 Å². The first kappa shape index (κ1) is 15.0. The summed E-state index contributed by atoms with van der Waals surface area (Å²) in [5, 5.41) is 5.60. The van der Waals surface area contributed by atoms with E-state index in [9.17, 15) is 9.59 Å². The Kier molecular flexibility index (Phi) is 4.40. The van der Waals surface area contributed by atoms with Crippen LogP contribution in [0.15, 0.2) is 46.6 Å². The maximum atomic E-state index is 12.3. The van der Waals surface area contributed by atoms with Gasteiger partial charge in [-0.25, -0.2) is 0 Å². The molecule has 1 unspecified atom stereocenters. The molecule has 0 saturated heterocycles. The van der Waals surface area contributed by atoms with Gasteiger partial charge in [-0.1, -0.05) is 29.7 Å². The van der Waals surface area contributed by atoms with E-state index in [1.165, 1.54) is 16.4 Å². The minimum Gasteiger partial charge on any atom is -0.354 e. The Morgan fingerprint density at radius 1 is 1.27 bits per heavy atom. The Bertz CT molecular complexity index is 833. The topological polar surface area (TPSA) is 51.1 Å². The summed E-state index contributed by atoms with van der Waals surface area (Å²) in [7, 11) is 0. The molecule has 1 N–H and O–H groups in total. The molecule has 3 aromatic rings.